The van der Waals surface area contributed by atoms with Crippen molar-refractivity contribution in [3.63, 3.8) is 0 Å². The quantitative estimate of drug-likeness (QED) is 0.635. The standard InChI is InChI=1S/C26H32N2O6/c1-16(2)25(29)27(3)11-12-28-14-20(18-7-10-21-22(13-18)34-15-33-21)23(26(30)31)24(28)17-5-8-19(32-4)9-6-17/h5-10,13,16,20,23-24H,11-12,14-15H2,1-4H3,(H,30,31). The van der Waals surface area contributed by atoms with Gasteiger partial charge in [-0.2, -0.15) is 0 Å². The van der Waals surface area contributed by atoms with Gasteiger partial charge < -0.3 is 24.2 Å². The SMILES string of the molecule is COc1ccc(C2C(C(=O)O)C(c3ccc4c(c3)OCO4)CN2CCN(C)C(=O)C(C)C)cc1. The van der Waals surface area contributed by atoms with Gasteiger partial charge in [-0.15, -0.1) is 0 Å². The number of rotatable bonds is 8. The lowest BCUT2D eigenvalue weighted by Gasteiger charge is -2.29. The number of carbonyl (C=O) groups excluding carboxylic acids is 1. The summed E-state index contributed by atoms with van der Waals surface area (Å²) in [5.74, 6) is 0.253. The van der Waals surface area contributed by atoms with Crippen molar-refractivity contribution in [2.24, 2.45) is 11.8 Å². The summed E-state index contributed by atoms with van der Waals surface area (Å²) in [6, 6.07) is 12.9. The van der Waals surface area contributed by atoms with E-state index in [4.69, 9.17) is 14.2 Å². The highest BCUT2D eigenvalue weighted by molar-refractivity contribution is 5.77. The number of fused-ring (bicyclic) bond motifs is 1. The van der Waals surface area contributed by atoms with Crippen LogP contribution in [-0.4, -0.2) is 67.4 Å². The fraction of sp³-hybridized carbons (Fsp3) is 0.462. The fourth-order valence-electron chi connectivity index (χ4n) is 4.97. The van der Waals surface area contributed by atoms with Gasteiger partial charge in [-0.25, -0.2) is 0 Å². The predicted molar refractivity (Wildman–Crippen MR) is 126 cm³/mol. The molecule has 34 heavy (non-hydrogen) atoms. The molecule has 8 heteroatoms. The topological polar surface area (TPSA) is 88.5 Å². The number of amides is 1. The van der Waals surface area contributed by atoms with Crippen molar-refractivity contribution in [3.05, 3.63) is 53.6 Å². The summed E-state index contributed by atoms with van der Waals surface area (Å²) in [6.07, 6.45) is 0. The second-order valence-corrected chi connectivity index (χ2v) is 9.21. The summed E-state index contributed by atoms with van der Waals surface area (Å²) in [5, 5.41) is 10.4. The maximum absolute atomic E-state index is 12.6. The van der Waals surface area contributed by atoms with Crippen LogP contribution in [-0.2, 0) is 9.59 Å². The molecule has 2 aromatic rings. The molecular formula is C26H32N2O6. The first-order valence-electron chi connectivity index (χ1n) is 11.6. The molecular weight excluding hydrogens is 436 g/mol. The molecule has 1 fully saturated rings. The monoisotopic (exact) mass is 468 g/mol. The van der Waals surface area contributed by atoms with Crippen LogP contribution in [0.25, 0.3) is 0 Å². The fourth-order valence-corrected chi connectivity index (χ4v) is 4.97. The Bertz CT molecular complexity index is 1040. The number of aliphatic carboxylic acids is 1. The van der Waals surface area contributed by atoms with Crippen LogP contribution in [0, 0.1) is 11.8 Å². The molecule has 2 aliphatic rings. The van der Waals surface area contributed by atoms with Crippen LogP contribution in [0.1, 0.15) is 36.9 Å². The lowest BCUT2D eigenvalue weighted by Crippen LogP contribution is -2.38. The van der Waals surface area contributed by atoms with Crippen LogP contribution in [0.15, 0.2) is 42.5 Å². The number of likely N-dealkylation sites (N-methyl/N-ethyl adjacent to an activating group) is 1. The predicted octanol–water partition coefficient (Wildman–Crippen LogP) is 3.38. The summed E-state index contributed by atoms with van der Waals surface area (Å²) in [7, 11) is 3.40. The molecule has 3 atom stereocenters. The Morgan fingerprint density at radius 1 is 1.12 bits per heavy atom. The highest BCUT2D eigenvalue weighted by Crippen LogP contribution is 2.47. The van der Waals surface area contributed by atoms with Gasteiger partial charge in [0.1, 0.15) is 5.75 Å². The Morgan fingerprint density at radius 3 is 2.44 bits per heavy atom. The average Bonchev–Trinajstić information content (AvgIpc) is 3.46. The summed E-state index contributed by atoms with van der Waals surface area (Å²) in [6.45, 7) is 5.57. The highest BCUT2D eigenvalue weighted by Gasteiger charge is 2.47. The number of carbonyl (C=O) groups is 2. The van der Waals surface area contributed by atoms with E-state index in [1.54, 1.807) is 19.1 Å². The molecule has 2 aromatic carbocycles. The van der Waals surface area contributed by atoms with Crippen LogP contribution in [0.4, 0.5) is 0 Å². The van der Waals surface area contributed by atoms with E-state index in [0.717, 1.165) is 16.9 Å². The molecule has 0 spiro atoms. The van der Waals surface area contributed by atoms with Gasteiger partial charge in [0.15, 0.2) is 11.5 Å². The smallest absolute Gasteiger partial charge is 0.309 e. The maximum atomic E-state index is 12.6. The van der Waals surface area contributed by atoms with E-state index in [0.29, 0.717) is 31.1 Å². The molecule has 3 unspecified atom stereocenters. The van der Waals surface area contributed by atoms with Gasteiger partial charge in [0.25, 0.3) is 0 Å². The van der Waals surface area contributed by atoms with Crippen molar-refractivity contribution < 1.29 is 28.9 Å². The van der Waals surface area contributed by atoms with Crippen molar-refractivity contribution in [1.29, 1.82) is 0 Å². The van der Waals surface area contributed by atoms with Crippen molar-refractivity contribution >= 4 is 11.9 Å². The van der Waals surface area contributed by atoms with Crippen LogP contribution in [0.3, 0.4) is 0 Å². The minimum Gasteiger partial charge on any atom is -0.497 e. The number of carboxylic acid groups (broad SMARTS) is 1. The zero-order valence-corrected chi connectivity index (χ0v) is 20.1. The molecule has 0 aliphatic carbocycles. The van der Waals surface area contributed by atoms with Crippen LogP contribution in [0.5, 0.6) is 17.2 Å². The van der Waals surface area contributed by atoms with Gasteiger partial charge in [-0.05, 0) is 35.4 Å². The summed E-state index contributed by atoms with van der Waals surface area (Å²) < 4.78 is 16.3. The normalized spacial score (nSPS) is 21.6. The average molecular weight is 469 g/mol. The molecule has 0 aromatic heterocycles. The lowest BCUT2D eigenvalue weighted by atomic mass is 9.82. The van der Waals surface area contributed by atoms with Gasteiger partial charge in [-0.1, -0.05) is 32.0 Å². The van der Waals surface area contributed by atoms with Gasteiger partial charge >= 0.3 is 5.97 Å². The van der Waals surface area contributed by atoms with E-state index >= 15 is 0 Å². The third kappa shape index (κ3) is 4.68. The third-order valence-electron chi connectivity index (χ3n) is 6.76. The molecule has 2 aliphatic heterocycles. The highest BCUT2D eigenvalue weighted by atomic mass is 16.7. The second-order valence-electron chi connectivity index (χ2n) is 9.21. The van der Waals surface area contributed by atoms with Crippen molar-refractivity contribution in [3.8, 4) is 17.2 Å². The number of ether oxygens (including phenoxy) is 3. The Balaban J connectivity index is 1.66. The van der Waals surface area contributed by atoms with E-state index in [-0.39, 0.29) is 30.6 Å². The van der Waals surface area contributed by atoms with Crippen molar-refractivity contribution in [1.82, 2.24) is 9.80 Å². The molecule has 1 amide bonds. The molecule has 0 saturated carbocycles. The summed E-state index contributed by atoms with van der Waals surface area (Å²) in [5.41, 5.74) is 1.82. The largest absolute Gasteiger partial charge is 0.497 e. The number of carboxylic acids is 1. The zero-order valence-electron chi connectivity index (χ0n) is 20.1. The van der Waals surface area contributed by atoms with Crippen LogP contribution < -0.4 is 14.2 Å². The van der Waals surface area contributed by atoms with E-state index < -0.39 is 11.9 Å². The van der Waals surface area contributed by atoms with Crippen molar-refractivity contribution in [2.45, 2.75) is 25.8 Å². The third-order valence-corrected chi connectivity index (χ3v) is 6.76. The number of hydrogen-bond acceptors (Lipinski definition) is 6. The minimum atomic E-state index is -0.849. The van der Waals surface area contributed by atoms with Gasteiger partial charge in [-0.3, -0.25) is 14.5 Å². The minimum absolute atomic E-state index is 0.0716. The molecule has 0 bridgehead atoms. The number of hydrogen-bond donors (Lipinski definition) is 1. The number of benzene rings is 2. The van der Waals surface area contributed by atoms with Gasteiger partial charge in [0, 0.05) is 44.6 Å². The van der Waals surface area contributed by atoms with Crippen LogP contribution in [0.2, 0.25) is 0 Å². The molecule has 0 radical (unpaired) electrons. The zero-order chi connectivity index (χ0) is 24.4. The van der Waals surface area contributed by atoms with Crippen LogP contribution >= 0.6 is 0 Å². The summed E-state index contributed by atoms with van der Waals surface area (Å²) >= 11 is 0. The number of likely N-dealkylation sites (tertiary alicyclic amines) is 1. The molecule has 2 heterocycles. The Labute approximate surface area is 200 Å². The van der Waals surface area contributed by atoms with E-state index in [2.05, 4.69) is 4.90 Å². The van der Waals surface area contributed by atoms with E-state index in [1.165, 1.54) is 0 Å². The Hall–Kier alpha value is -3.26. The molecule has 1 saturated heterocycles. The molecule has 182 valence electrons. The first-order chi connectivity index (χ1) is 16.3. The molecule has 8 nitrogen and oxygen atoms in total. The van der Waals surface area contributed by atoms with E-state index in [9.17, 15) is 14.7 Å². The van der Waals surface area contributed by atoms with Crippen molar-refractivity contribution in [2.75, 3.05) is 40.6 Å². The molecule has 1 N–H and O–H groups in total. The number of methoxy groups -OCH3 is 1. The van der Waals surface area contributed by atoms with Gasteiger partial charge in [0.05, 0.1) is 13.0 Å². The number of nitrogens with zero attached hydrogens (tertiary/aromatic N) is 2. The molecule has 4 rings (SSSR count). The Kier molecular flexibility index (Phi) is 6.97. The summed E-state index contributed by atoms with van der Waals surface area (Å²) in [4.78, 5) is 28.9. The van der Waals surface area contributed by atoms with Gasteiger partial charge in [0.2, 0.25) is 12.7 Å². The second kappa shape index (κ2) is 9.93. The first kappa shape index (κ1) is 23.9. The maximum Gasteiger partial charge on any atom is 0.309 e. The lowest BCUT2D eigenvalue weighted by molar-refractivity contribution is -0.143. The van der Waals surface area contributed by atoms with E-state index in [1.807, 2.05) is 56.3 Å². The Morgan fingerprint density at radius 2 is 1.79 bits per heavy atom. The first-order valence-corrected chi connectivity index (χ1v) is 11.6.